The van der Waals surface area contributed by atoms with E-state index < -0.39 is 0 Å². The first kappa shape index (κ1) is 8.82. The van der Waals surface area contributed by atoms with Gasteiger partial charge >= 0.3 is 0 Å². The fourth-order valence-electron chi connectivity index (χ4n) is 3.16. The maximum Gasteiger partial charge on any atom is 0.0456 e. The van der Waals surface area contributed by atoms with Gasteiger partial charge < -0.3 is 10.7 Å². The summed E-state index contributed by atoms with van der Waals surface area (Å²) in [5.74, 6) is 0. The van der Waals surface area contributed by atoms with Crippen molar-refractivity contribution in [3.8, 4) is 0 Å². The molecule has 0 spiro atoms. The van der Waals surface area contributed by atoms with E-state index in [4.69, 9.17) is 5.73 Å². The number of hydrogen-bond acceptors (Lipinski definition) is 1. The normalized spacial score (nSPS) is 24.6. The van der Waals surface area contributed by atoms with Gasteiger partial charge in [0.15, 0.2) is 0 Å². The first-order chi connectivity index (χ1) is 7.74. The van der Waals surface area contributed by atoms with Gasteiger partial charge in [0.2, 0.25) is 0 Å². The Bertz CT molecular complexity index is 559. The Kier molecular flexibility index (Phi) is 1.39. The van der Waals surface area contributed by atoms with Gasteiger partial charge in [0, 0.05) is 22.7 Å². The van der Waals surface area contributed by atoms with Crippen LogP contribution >= 0.6 is 0 Å². The van der Waals surface area contributed by atoms with Crippen molar-refractivity contribution in [3.63, 3.8) is 0 Å². The molecule has 2 aliphatic carbocycles. The average Bonchev–Trinajstić information content (AvgIpc) is 3.18. The highest BCUT2D eigenvalue weighted by Gasteiger charge is 2.63. The SMILES string of the molecule is NC1(C2(c3ccc4cc[nH]c4c3)CC2)CC1. The lowest BCUT2D eigenvalue weighted by Gasteiger charge is -2.23. The van der Waals surface area contributed by atoms with E-state index in [1.165, 1.54) is 42.1 Å². The van der Waals surface area contributed by atoms with E-state index in [-0.39, 0.29) is 5.54 Å². The van der Waals surface area contributed by atoms with Crippen molar-refractivity contribution < 1.29 is 0 Å². The van der Waals surface area contributed by atoms with Crippen LogP contribution in [0.15, 0.2) is 30.5 Å². The predicted octanol–water partition coefficient (Wildman–Crippen LogP) is 2.69. The van der Waals surface area contributed by atoms with E-state index >= 15 is 0 Å². The van der Waals surface area contributed by atoms with Crippen molar-refractivity contribution in [1.82, 2.24) is 4.98 Å². The van der Waals surface area contributed by atoms with Crippen molar-refractivity contribution in [3.05, 3.63) is 36.0 Å². The van der Waals surface area contributed by atoms with Gasteiger partial charge in [-0.15, -0.1) is 0 Å². The molecular weight excluding hydrogens is 196 g/mol. The number of hydrogen-bond donors (Lipinski definition) is 2. The van der Waals surface area contributed by atoms with Crippen LogP contribution in [0.4, 0.5) is 0 Å². The van der Waals surface area contributed by atoms with Crippen LogP contribution in [-0.2, 0) is 5.41 Å². The molecule has 0 radical (unpaired) electrons. The molecule has 2 aliphatic rings. The van der Waals surface area contributed by atoms with E-state index in [0.29, 0.717) is 5.41 Å². The zero-order chi connectivity index (χ0) is 10.8. The Hall–Kier alpha value is -1.28. The maximum atomic E-state index is 6.43. The van der Waals surface area contributed by atoms with Crippen molar-refractivity contribution in [2.24, 2.45) is 5.73 Å². The van der Waals surface area contributed by atoms with Crippen LogP contribution in [-0.4, -0.2) is 10.5 Å². The largest absolute Gasteiger partial charge is 0.361 e. The number of aromatic nitrogens is 1. The van der Waals surface area contributed by atoms with Crippen molar-refractivity contribution in [2.75, 3.05) is 0 Å². The summed E-state index contributed by atoms with van der Waals surface area (Å²) in [6.07, 6.45) is 6.96. The van der Waals surface area contributed by atoms with E-state index in [1.54, 1.807) is 0 Å². The highest BCUT2D eigenvalue weighted by Crippen LogP contribution is 2.63. The second-order valence-corrected chi connectivity index (χ2v) is 5.52. The minimum Gasteiger partial charge on any atom is -0.361 e. The summed E-state index contributed by atoms with van der Waals surface area (Å²) in [5.41, 5.74) is 9.55. The Balaban J connectivity index is 1.87. The molecule has 0 aliphatic heterocycles. The Morgan fingerprint density at radius 1 is 1.06 bits per heavy atom. The van der Waals surface area contributed by atoms with Gasteiger partial charge in [-0.2, -0.15) is 0 Å². The standard InChI is InChI=1S/C14H16N2/c15-14(6-7-14)13(4-5-13)11-2-1-10-3-8-16-12(10)9-11/h1-3,8-9,16H,4-7,15H2. The summed E-state index contributed by atoms with van der Waals surface area (Å²) in [7, 11) is 0. The second kappa shape index (κ2) is 2.51. The maximum absolute atomic E-state index is 6.43. The molecule has 4 rings (SSSR count). The van der Waals surface area contributed by atoms with Gasteiger partial charge in [0.25, 0.3) is 0 Å². The number of nitrogens with two attached hydrogens (primary N) is 1. The predicted molar refractivity (Wildman–Crippen MR) is 65.4 cm³/mol. The van der Waals surface area contributed by atoms with Crippen LogP contribution in [0.1, 0.15) is 31.2 Å². The van der Waals surface area contributed by atoms with Crippen molar-refractivity contribution in [1.29, 1.82) is 0 Å². The molecule has 2 saturated carbocycles. The van der Waals surface area contributed by atoms with Crippen LogP contribution in [0.3, 0.4) is 0 Å². The topological polar surface area (TPSA) is 41.8 Å². The molecule has 2 heteroatoms. The monoisotopic (exact) mass is 212 g/mol. The van der Waals surface area contributed by atoms with Crippen LogP contribution in [0, 0.1) is 0 Å². The quantitative estimate of drug-likeness (QED) is 0.789. The second-order valence-electron chi connectivity index (χ2n) is 5.52. The summed E-state index contributed by atoms with van der Waals surface area (Å²) in [6, 6.07) is 8.91. The first-order valence-corrected chi connectivity index (χ1v) is 6.10. The van der Waals surface area contributed by atoms with Crippen molar-refractivity contribution in [2.45, 2.75) is 36.6 Å². The molecular formula is C14H16N2. The van der Waals surface area contributed by atoms with Crippen LogP contribution < -0.4 is 5.73 Å². The molecule has 0 unspecified atom stereocenters. The van der Waals surface area contributed by atoms with Gasteiger partial charge in [-0.05, 0) is 48.8 Å². The zero-order valence-electron chi connectivity index (χ0n) is 9.29. The number of H-pyrrole nitrogens is 1. The molecule has 0 amide bonds. The van der Waals surface area contributed by atoms with E-state index in [1.807, 2.05) is 6.20 Å². The third kappa shape index (κ3) is 0.957. The summed E-state index contributed by atoms with van der Waals surface area (Å²) in [6.45, 7) is 0. The molecule has 2 nitrogen and oxygen atoms in total. The number of nitrogens with one attached hydrogen (secondary N) is 1. The molecule has 0 saturated heterocycles. The van der Waals surface area contributed by atoms with Crippen LogP contribution in [0.2, 0.25) is 0 Å². The molecule has 1 heterocycles. The minimum atomic E-state index is 0.118. The smallest absolute Gasteiger partial charge is 0.0456 e. The number of benzene rings is 1. The molecule has 82 valence electrons. The van der Waals surface area contributed by atoms with E-state index in [2.05, 4.69) is 29.2 Å². The molecule has 16 heavy (non-hydrogen) atoms. The summed E-state index contributed by atoms with van der Waals surface area (Å²) < 4.78 is 0. The molecule has 1 aromatic heterocycles. The van der Waals surface area contributed by atoms with Crippen LogP contribution in [0.25, 0.3) is 10.9 Å². The molecule has 0 bridgehead atoms. The summed E-state index contributed by atoms with van der Waals surface area (Å²) >= 11 is 0. The first-order valence-electron chi connectivity index (χ1n) is 6.10. The minimum absolute atomic E-state index is 0.118. The van der Waals surface area contributed by atoms with E-state index in [9.17, 15) is 0 Å². The Labute approximate surface area is 94.8 Å². The van der Waals surface area contributed by atoms with Crippen molar-refractivity contribution >= 4 is 10.9 Å². The molecule has 0 atom stereocenters. The number of rotatable bonds is 2. The van der Waals surface area contributed by atoms with Gasteiger partial charge in [-0.3, -0.25) is 0 Å². The van der Waals surface area contributed by atoms with Gasteiger partial charge in [-0.1, -0.05) is 12.1 Å². The number of aromatic amines is 1. The Morgan fingerprint density at radius 2 is 1.88 bits per heavy atom. The third-order valence-electron chi connectivity index (χ3n) is 4.60. The third-order valence-corrected chi connectivity index (χ3v) is 4.60. The van der Waals surface area contributed by atoms with Gasteiger partial charge in [0.05, 0.1) is 0 Å². The fraction of sp³-hybridized carbons (Fsp3) is 0.429. The highest BCUT2D eigenvalue weighted by atomic mass is 14.9. The number of fused-ring (bicyclic) bond motifs is 1. The Morgan fingerprint density at radius 3 is 2.56 bits per heavy atom. The molecule has 2 fully saturated rings. The fourth-order valence-corrected chi connectivity index (χ4v) is 3.16. The lowest BCUT2D eigenvalue weighted by Crippen LogP contribution is -2.37. The van der Waals surface area contributed by atoms with Crippen LogP contribution in [0.5, 0.6) is 0 Å². The molecule has 2 aromatic rings. The lowest BCUT2D eigenvalue weighted by molar-refractivity contribution is 0.504. The van der Waals surface area contributed by atoms with Gasteiger partial charge in [0.1, 0.15) is 0 Å². The highest BCUT2D eigenvalue weighted by molar-refractivity contribution is 5.80. The lowest BCUT2D eigenvalue weighted by atomic mass is 9.86. The summed E-state index contributed by atoms with van der Waals surface area (Å²) in [4.78, 5) is 3.29. The summed E-state index contributed by atoms with van der Waals surface area (Å²) in [5, 5.41) is 1.29. The molecule has 1 aromatic carbocycles. The zero-order valence-corrected chi connectivity index (χ0v) is 9.29. The average molecular weight is 212 g/mol. The van der Waals surface area contributed by atoms with E-state index in [0.717, 1.165) is 0 Å². The molecule has 3 N–H and O–H groups in total. The van der Waals surface area contributed by atoms with Gasteiger partial charge in [-0.25, -0.2) is 0 Å².